The first-order valence-electron chi connectivity index (χ1n) is 9.32. The fraction of sp³-hybridized carbons (Fsp3) is 0.0870. The van der Waals surface area contributed by atoms with Gasteiger partial charge in [0.15, 0.2) is 0 Å². The first-order chi connectivity index (χ1) is 14.4. The molecule has 0 atom stereocenters. The lowest BCUT2D eigenvalue weighted by Crippen LogP contribution is -2.30. The number of nitrogens with one attached hydrogen (secondary N) is 2. The van der Waals surface area contributed by atoms with Crippen LogP contribution in [0.1, 0.15) is 21.6 Å². The number of aromatic carboxylic acids is 1. The van der Waals surface area contributed by atoms with Crippen LogP contribution >= 0.6 is 0 Å². The molecule has 0 spiro atoms. The molecule has 0 aliphatic heterocycles. The fourth-order valence-corrected chi connectivity index (χ4v) is 3.24. The van der Waals surface area contributed by atoms with Gasteiger partial charge in [-0.1, -0.05) is 18.2 Å². The molecule has 0 aliphatic carbocycles. The summed E-state index contributed by atoms with van der Waals surface area (Å²) in [5, 5.41) is 30.6. The van der Waals surface area contributed by atoms with Crippen LogP contribution in [-0.2, 0) is 6.42 Å². The average molecular weight is 397 g/mol. The van der Waals surface area contributed by atoms with E-state index in [0.717, 1.165) is 33.3 Å². The van der Waals surface area contributed by atoms with Crippen LogP contribution in [-0.4, -0.2) is 31.7 Å². The molecule has 4 rings (SSSR count). The van der Waals surface area contributed by atoms with Gasteiger partial charge in [-0.05, 0) is 60.5 Å². The second-order valence-electron chi connectivity index (χ2n) is 7.03. The average Bonchev–Trinajstić information content (AvgIpc) is 2.75. The van der Waals surface area contributed by atoms with Gasteiger partial charge in [-0.2, -0.15) is 5.10 Å². The lowest BCUT2D eigenvalue weighted by Gasteiger charge is -2.09. The van der Waals surface area contributed by atoms with Crippen molar-refractivity contribution in [3.8, 4) is 11.1 Å². The molecule has 4 aromatic rings. The summed E-state index contributed by atoms with van der Waals surface area (Å²) in [7, 11) is 0. The van der Waals surface area contributed by atoms with Crippen LogP contribution in [0, 0.1) is 17.7 Å². The Morgan fingerprint density at radius 1 is 1.03 bits per heavy atom. The highest BCUT2D eigenvalue weighted by Crippen LogP contribution is 2.24. The third kappa shape index (κ3) is 3.86. The molecule has 0 amide bonds. The van der Waals surface area contributed by atoms with Crippen molar-refractivity contribution in [3.63, 3.8) is 0 Å². The Hall–Kier alpha value is -4.13. The Morgan fingerprint density at radius 3 is 2.53 bits per heavy atom. The largest absolute Gasteiger partial charge is 0.478 e. The van der Waals surface area contributed by atoms with Crippen molar-refractivity contribution in [2.45, 2.75) is 13.3 Å². The number of benzene rings is 2. The van der Waals surface area contributed by atoms with E-state index < -0.39 is 5.97 Å². The second kappa shape index (κ2) is 7.71. The smallest absolute Gasteiger partial charge is 0.335 e. The zero-order valence-electron chi connectivity index (χ0n) is 16.3. The first-order valence-corrected chi connectivity index (χ1v) is 9.32. The van der Waals surface area contributed by atoms with Crippen molar-refractivity contribution in [3.05, 3.63) is 89.2 Å². The number of aromatic nitrogens is 3. The van der Waals surface area contributed by atoms with Gasteiger partial charge in [-0.15, -0.1) is 0 Å². The zero-order valence-corrected chi connectivity index (χ0v) is 16.3. The van der Waals surface area contributed by atoms with Crippen LogP contribution in [0.2, 0.25) is 0 Å². The highest BCUT2D eigenvalue weighted by Gasteiger charge is 2.08. The highest BCUT2D eigenvalue weighted by atomic mass is 16.4. The number of pyridine rings is 1. The van der Waals surface area contributed by atoms with Crippen LogP contribution in [0.5, 0.6) is 0 Å². The molecular weight excluding hydrogens is 378 g/mol. The van der Waals surface area contributed by atoms with Crippen LogP contribution in [0.15, 0.2) is 66.9 Å². The molecule has 3 N–H and O–H groups in total. The number of aryl methyl sites for hydroxylation is 1. The summed E-state index contributed by atoms with van der Waals surface area (Å²) in [5.74, 6) is -0.737. The summed E-state index contributed by atoms with van der Waals surface area (Å²) >= 11 is 0. The third-order valence-electron chi connectivity index (χ3n) is 4.81. The fourth-order valence-electron chi connectivity index (χ4n) is 3.24. The summed E-state index contributed by atoms with van der Waals surface area (Å²) in [6.45, 7) is 1.83. The van der Waals surface area contributed by atoms with Crippen molar-refractivity contribution in [2.75, 3.05) is 0 Å². The van der Waals surface area contributed by atoms with E-state index in [9.17, 15) is 4.79 Å². The van der Waals surface area contributed by atoms with Crippen molar-refractivity contribution < 1.29 is 9.90 Å². The summed E-state index contributed by atoms with van der Waals surface area (Å²) in [5.41, 5.74) is 4.67. The normalized spacial score (nSPS) is 10.8. The number of fused-ring (bicyclic) bond motifs is 1. The minimum Gasteiger partial charge on any atom is -0.478 e. The molecule has 7 heteroatoms. The van der Waals surface area contributed by atoms with Crippen molar-refractivity contribution >= 4 is 22.7 Å². The van der Waals surface area contributed by atoms with E-state index in [1.54, 1.807) is 42.6 Å². The molecule has 0 fully saturated rings. The minimum atomic E-state index is -0.956. The van der Waals surface area contributed by atoms with E-state index in [-0.39, 0.29) is 16.9 Å². The van der Waals surface area contributed by atoms with Gasteiger partial charge in [0.2, 0.25) is 0 Å². The van der Waals surface area contributed by atoms with E-state index in [1.807, 2.05) is 31.2 Å². The molecule has 7 nitrogen and oxygen atoms in total. The molecular formula is C23H19N5O2. The Bertz CT molecular complexity index is 1340. The monoisotopic (exact) mass is 397 g/mol. The van der Waals surface area contributed by atoms with Gasteiger partial charge in [0.05, 0.1) is 16.8 Å². The molecule has 2 aromatic heterocycles. The highest BCUT2D eigenvalue weighted by molar-refractivity contribution is 5.89. The number of carbonyl (C=O) groups is 1. The lowest BCUT2D eigenvalue weighted by atomic mass is 10.0. The number of hydrogen-bond donors (Lipinski definition) is 3. The standard InChI is InChI=1S/C23H19N5O2/c1-14-2-9-21(24)28(27-14)22(25)11-15-3-8-20-18(10-15)12-19(13-26-20)16-4-6-17(7-5-16)23(29)30/h2-10,12-13,24-25H,11H2,1H3,(H,29,30). The summed E-state index contributed by atoms with van der Waals surface area (Å²) < 4.78 is 1.33. The molecule has 0 unspecified atom stereocenters. The Morgan fingerprint density at radius 2 is 1.80 bits per heavy atom. The molecule has 2 heterocycles. The predicted molar refractivity (Wildman–Crippen MR) is 114 cm³/mol. The maximum atomic E-state index is 11.0. The molecule has 0 aliphatic rings. The van der Waals surface area contributed by atoms with Gasteiger partial charge < -0.3 is 5.11 Å². The molecule has 2 aromatic carbocycles. The number of rotatable bonds is 4. The van der Waals surface area contributed by atoms with E-state index >= 15 is 0 Å². The van der Waals surface area contributed by atoms with E-state index in [2.05, 4.69) is 10.1 Å². The molecule has 0 saturated heterocycles. The number of carboxylic acids is 1. The van der Waals surface area contributed by atoms with Crippen LogP contribution in [0.3, 0.4) is 0 Å². The van der Waals surface area contributed by atoms with Crippen molar-refractivity contribution in [1.82, 2.24) is 14.8 Å². The Kier molecular flexibility index (Phi) is 4.93. The third-order valence-corrected chi connectivity index (χ3v) is 4.81. The quantitative estimate of drug-likeness (QED) is 0.360. The molecule has 0 saturated carbocycles. The van der Waals surface area contributed by atoms with E-state index in [4.69, 9.17) is 15.9 Å². The number of carboxylic acid groups (broad SMARTS) is 1. The minimum absolute atomic E-state index is 0.167. The van der Waals surface area contributed by atoms with Gasteiger partial charge in [-0.25, -0.2) is 9.48 Å². The Balaban J connectivity index is 1.64. The van der Waals surface area contributed by atoms with E-state index in [0.29, 0.717) is 6.42 Å². The first kappa shape index (κ1) is 19.2. The molecule has 0 radical (unpaired) electrons. The van der Waals surface area contributed by atoms with E-state index in [1.165, 1.54) is 4.68 Å². The molecule has 0 bridgehead atoms. The van der Waals surface area contributed by atoms with Gasteiger partial charge in [-0.3, -0.25) is 15.8 Å². The van der Waals surface area contributed by atoms with Crippen LogP contribution in [0.4, 0.5) is 0 Å². The maximum Gasteiger partial charge on any atom is 0.335 e. The summed E-state index contributed by atoms with van der Waals surface area (Å²) in [6, 6.07) is 17.9. The summed E-state index contributed by atoms with van der Waals surface area (Å²) in [4.78, 5) is 15.5. The molecule has 30 heavy (non-hydrogen) atoms. The van der Waals surface area contributed by atoms with Crippen molar-refractivity contribution in [2.24, 2.45) is 0 Å². The second-order valence-corrected chi connectivity index (χ2v) is 7.03. The van der Waals surface area contributed by atoms with Gasteiger partial charge in [0.1, 0.15) is 11.3 Å². The topological polar surface area (TPSA) is 116 Å². The molecule has 148 valence electrons. The van der Waals surface area contributed by atoms with Gasteiger partial charge >= 0.3 is 5.97 Å². The predicted octanol–water partition coefficient (Wildman–Crippen LogP) is 3.65. The zero-order chi connectivity index (χ0) is 21.3. The lowest BCUT2D eigenvalue weighted by molar-refractivity contribution is 0.0697. The summed E-state index contributed by atoms with van der Waals surface area (Å²) in [6.07, 6.45) is 2.10. The van der Waals surface area contributed by atoms with Crippen LogP contribution < -0.4 is 5.49 Å². The number of hydrogen-bond acceptors (Lipinski definition) is 5. The van der Waals surface area contributed by atoms with Crippen molar-refractivity contribution in [1.29, 1.82) is 10.8 Å². The SMILES string of the molecule is Cc1ccc(=N)n(C(=N)Cc2ccc3ncc(-c4ccc(C(=O)O)cc4)cc3c2)n1. The van der Waals surface area contributed by atoms with Gasteiger partial charge in [0.25, 0.3) is 0 Å². The van der Waals surface area contributed by atoms with Gasteiger partial charge in [0, 0.05) is 23.6 Å². The van der Waals surface area contributed by atoms with Crippen LogP contribution in [0.25, 0.3) is 22.0 Å². The number of nitrogens with zero attached hydrogens (tertiary/aromatic N) is 3. The maximum absolute atomic E-state index is 11.0. The Labute approximate surface area is 172 Å².